The molecule has 4 nitrogen and oxygen atoms in total. The lowest BCUT2D eigenvalue weighted by atomic mass is 9.86. The van der Waals surface area contributed by atoms with Gasteiger partial charge >= 0.3 is 0 Å². The third-order valence-electron chi connectivity index (χ3n) is 5.03. The zero-order valence-corrected chi connectivity index (χ0v) is 13.7. The molecule has 0 unspecified atom stereocenters. The quantitative estimate of drug-likeness (QED) is 0.869. The Kier molecular flexibility index (Phi) is 5.65. The summed E-state index contributed by atoms with van der Waals surface area (Å²) in [7, 11) is 0. The van der Waals surface area contributed by atoms with Crippen molar-refractivity contribution in [1.29, 1.82) is 0 Å². The molecule has 1 saturated carbocycles. The topological polar surface area (TPSA) is 49.4 Å². The first kappa shape index (κ1) is 16.3. The number of carbonyl (C=O) groups is 2. The van der Waals surface area contributed by atoms with Gasteiger partial charge in [0.05, 0.1) is 0 Å². The lowest BCUT2D eigenvalue weighted by molar-refractivity contribution is -0.138. The van der Waals surface area contributed by atoms with Crippen molar-refractivity contribution in [2.75, 3.05) is 13.1 Å². The Hall–Kier alpha value is -1.06. The normalized spacial score (nSPS) is 27.7. The Labute approximate surface area is 128 Å². The number of likely N-dealkylation sites (tertiary alicyclic amines) is 1. The molecule has 4 heteroatoms. The van der Waals surface area contributed by atoms with Gasteiger partial charge in [-0.25, -0.2) is 0 Å². The first-order valence-electron chi connectivity index (χ1n) is 8.56. The van der Waals surface area contributed by atoms with E-state index in [0.717, 1.165) is 44.7 Å². The summed E-state index contributed by atoms with van der Waals surface area (Å²) in [5.41, 5.74) is 0. The number of hydrogen-bond acceptors (Lipinski definition) is 2. The number of nitrogens with one attached hydrogen (secondary N) is 1. The minimum Gasteiger partial charge on any atom is -0.353 e. The van der Waals surface area contributed by atoms with Gasteiger partial charge in [-0.2, -0.15) is 0 Å². The zero-order chi connectivity index (χ0) is 15.4. The maximum absolute atomic E-state index is 12.3. The van der Waals surface area contributed by atoms with E-state index >= 15 is 0 Å². The van der Waals surface area contributed by atoms with Gasteiger partial charge in [0, 0.05) is 31.0 Å². The molecule has 1 aliphatic carbocycles. The molecule has 21 heavy (non-hydrogen) atoms. The molecule has 0 atom stereocenters. The maximum atomic E-state index is 12.3. The van der Waals surface area contributed by atoms with E-state index in [2.05, 4.69) is 12.2 Å². The smallest absolute Gasteiger partial charge is 0.225 e. The predicted octanol–water partition coefficient (Wildman–Crippen LogP) is 2.58. The molecule has 0 bridgehead atoms. The van der Waals surface area contributed by atoms with Crippen LogP contribution >= 0.6 is 0 Å². The van der Waals surface area contributed by atoms with Crippen LogP contribution in [-0.2, 0) is 9.59 Å². The summed E-state index contributed by atoms with van der Waals surface area (Å²) >= 11 is 0. The predicted molar refractivity (Wildman–Crippen MR) is 83.7 cm³/mol. The summed E-state index contributed by atoms with van der Waals surface area (Å²) in [6.45, 7) is 7.63. The highest BCUT2D eigenvalue weighted by Crippen LogP contribution is 2.25. The van der Waals surface area contributed by atoms with Crippen molar-refractivity contribution in [3.8, 4) is 0 Å². The second-order valence-corrected chi connectivity index (χ2v) is 7.22. The second-order valence-electron chi connectivity index (χ2n) is 7.22. The van der Waals surface area contributed by atoms with E-state index in [-0.39, 0.29) is 23.7 Å². The Morgan fingerprint density at radius 1 is 1.00 bits per heavy atom. The highest BCUT2D eigenvalue weighted by Gasteiger charge is 2.29. The SMILES string of the molecule is CC1CCC(NC(=O)C2CCN(C(=O)C(C)C)CC2)CC1. The van der Waals surface area contributed by atoms with Gasteiger partial charge in [-0.1, -0.05) is 20.8 Å². The van der Waals surface area contributed by atoms with Gasteiger partial charge < -0.3 is 10.2 Å². The molecule has 0 radical (unpaired) electrons. The Bertz CT molecular complexity index is 365. The molecule has 1 saturated heterocycles. The minimum absolute atomic E-state index is 0.0552. The van der Waals surface area contributed by atoms with E-state index < -0.39 is 0 Å². The standard InChI is InChI=1S/C17H30N2O2/c1-12(2)17(21)19-10-8-14(9-11-19)16(20)18-15-6-4-13(3)5-7-15/h12-15H,4-11H2,1-3H3,(H,18,20). The van der Waals surface area contributed by atoms with Gasteiger partial charge in [-0.15, -0.1) is 0 Å². The molecule has 1 N–H and O–H groups in total. The third-order valence-corrected chi connectivity index (χ3v) is 5.03. The van der Waals surface area contributed by atoms with E-state index in [1.165, 1.54) is 12.8 Å². The fourth-order valence-corrected chi connectivity index (χ4v) is 3.45. The molecule has 0 aromatic heterocycles. The Morgan fingerprint density at radius 3 is 2.10 bits per heavy atom. The lowest BCUT2D eigenvalue weighted by Crippen LogP contribution is -2.46. The van der Waals surface area contributed by atoms with E-state index in [1.807, 2.05) is 18.7 Å². The van der Waals surface area contributed by atoms with Crippen LogP contribution in [0, 0.1) is 17.8 Å². The highest BCUT2D eigenvalue weighted by atomic mass is 16.2. The molecule has 0 aromatic rings. The van der Waals surface area contributed by atoms with Gasteiger partial charge in [0.25, 0.3) is 0 Å². The average molecular weight is 294 g/mol. The van der Waals surface area contributed by atoms with Crippen LogP contribution in [0.3, 0.4) is 0 Å². The molecule has 2 aliphatic rings. The molecular formula is C17H30N2O2. The van der Waals surface area contributed by atoms with Crippen molar-refractivity contribution < 1.29 is 9.59 Å². The van der Waals surface area contributed by atoms with Crippen molar-refractivity contribution in [2.45, 2.75) is 65.3 Å². The van der Waals surface area contributed by atoms with E-state index in [4.69, 9.17) is 0 Å². The van der Waals surface area contributed by atoms with Crippen molar-refractivity contribution in [3.05, 3.63) is 0 Å². The number of rotatable bonds is 3. The highest BCUT2D eigenvalue weighted by molar-refractivity contribution is 5.81. The largest absolute Gasteiger partial charge is 0.353 e. The van der Waals surface area contributed by atoms with Crippen LogP contribution in [0.4, 0.5) is 0 Å². The summed E-state index contributed by atoms with van der Waals surface area (Å²) < 4.78 is 0. The van der Waals surface area contributed by atoms with Gasteiger partial charge in [0.1, 0.15) is 0 Å². The molecule has 2 rings (SSSR count). The van der Waals surface area contributed by atoms with Crippen LogP contribution < -0.4 is 5.32 Å². The monoisotopic (exact) mass is 294 g/mol. The van der Waals surface area contributed by atoms with Gasteiger partial charge in [0.2, 0.25) is 11.8 Å². The molecule has 120 valence electrons. The molecule has 0 aromatic carbocycles. The number of piperidine rings is 1. The number of hydrogen-bond donors (Lipinski definition) is 1. The van der Waals surface area contributed by atoms with E-state index in [1.54, 1.807) is 0 Å². The minimum atomic E-state index is 0.0552. The first-order chi connectivity index (χ1) is 9.97. The van der Waals surface area contributed by atoms with Gasteiger partial charge in [-0.3, -0.25) is 9.59 Å². The number of carbonyl (C=O) groups excluding carboxylic acids is 2. The van der Waals surface area contributed by atoms with Crippen LogP contribution in [0.5, 0.6) is 0 Å². The molecule has 1 aliphatic heterocycles. The lowest BCUT2D eigenvalue weighted by Gasteiger charge is -2.34. The average Bonchev–Trinajstić information content (AvgIpc) is 2.49. The van der Waals surface area contributed by atoms with E-state index in [9.17, 15) is 9.59 Å². The van der Waals surface area contributed by atoms with Gasteiger partial charge in [0.15, 0.2) is 0 Å². The summed E-state index contributed by atoms with van der Waals surface area (Å²) in [6.07, 6.45) is 6.33. The van der Waals surface area contributed by atoms with Gasteiger partial charge in [-0.05, 0) is 44.4 Å². The van der Waals surface area contributed by atoms with Crippen LogP contribution in [0.15, 0.2) is 0 Å². The summed E-state index contributed by atoms with van der Waals surface area (Å²) in [5.74, 6) is 1.39. The summed E-state index contributed by atoms with van der Waals surface area (Å²) in [6, 6.07) is 0.379. The Balaban J connectivity index is 1.74. The van der Waals surface area contributed by atoms with Crippen LogP contribution in [0.25, 0.3) is 0 Å². The maximum Gasteiger partial charge on any atom is 0.225 e. The van der Waals surface area contributed by atoms with Crippen molar-refractivity contribution in [2.24, 2.45) is 17.8 Å². The first-order valence-corrected chi connectivity index (χ1v) is 8.56. The molecular weight excluding hydrogens is 264 g/mol. The Morgan fingerprint density at radius 2 is 1.57 bits per heavy atom. The molecule has 0 spiro atoms. The molecule has 1 heterocycles. The summed E-state index contributed by atoms with van der Waals surface area (Å²) in [5, 5.41) is 3.23. The van der Waals surface area contributed by atoms with E-state index in [0.29, 0.717) is 6.04 Å². The summed E-state index contributed by atoms with van der Waals surface area (Å²) in [4.78, 5) is 26.2. The second kappa shape index (κ2) is 7.28. The zero-order valence-electron chi connectivity index (χ0n) is 13.7. The van der Waals surface area contributed by atoms with Crippen molar-refractivity contribution in [1.82, 2.24) is 10.2 Å². The van der Waals surface area contributed by atoms with Crippen LogP contribution in [0.2, 0.25) is 0 Å². The molecule has 2 fully saturated rings. The van der Waals surface area contributed by atoms with Crippen LogP contribution in [-0.4, -0.2) is 35.8 Å². The van der Waals surface area contributed by atoms with Crippen molar-refractivity contribution in [3.63, 3.8) is 0 Å². The number of nitrogens with zero attached hydrogens (tertiary/aromatic N) is 1. The molecule has 2 amide bonds. The van der Waals surface area contributed by atoms with Crippen LogP contribution in [0.1, 0.15) is 59.3 Å². The third kappa shape index (κ3) is 4.45. The van der Waals surface area contributed by atoms with Crippen molar-refractivity contribution >= 4 is 11.8 Å². The fraction of sp³-hybridized carbons (Fsp3) is 0.882. The fourth-order valence-electron chi connectivity index (χ4n) is 3.45. The number of amides is 2.